The number of para-hydroxylation sites is 1. The minimum absolute atomic E-state index is 0.377. The topological polar surface area (TPSA) is 72.6 Å². The van der Waals surface area contributed by atoms with Gasteiger partial charge in [0, 0.05) is 11.8 Å². The normalized spacial score (nSPS) is 11.1. The summed E-state index contributed by atoms with van der Waals surface area (Å²) in [6.07, 6.45) is 1.71. The molecule has 0 aliphatic carbocycles. The summed E-state index contributed by atoms with van der Waals surface area (Å²) in [6.45, 7) is 0. The molecule has 0 unspecified atom stereocenters. The van der Waals surface area contributed by atoms with Crippen LogP contribution in [0.5, 0.6) is 5.75 Å². The molecule has 6 heteroatoms. The van der Waals surface area contributed by atoms with E-state index in [2.05, 4.69) is 15.2 Å². The molecule has 0 amide bonds. The standard InChI is InChI=1S/C22H19N3O3/c1-27-21-10-6-5-9-20(21)25-24-19-8-4-3-7-17(19)15-23-18-13-11-16(12-14-18)22(26)28-2/h3-15H,1-2H3. The molecule has 3 rings (SSSR count). The van der Waals surface area contributed by atoms with Crippen molar-refractivity contribution in [1.82, 2.24) is 0 Å². The highest BCUT2D eigenvalue weighted by Gasteiger charge is 2.04. The Balaban J connectivity index is 1.81. The summed E-state index contributed by atoms with van der Waals surface area (Å²) in [5, 5.41) is 8.63. The van der Waals surface area contributed by atoms with Gasteiger partial charge in [0.05, 0.1) is 31.2 Å². The van der Waals surface area contributed by atoms with Crippen molar-refractivity contribution >= 4 is 29.2 Å². The SMILES string of the molecule is COC(=O)c1ccc(N=Cc2ccccc2N=Nc2ccccc2OC)cc1. The zero-order valence-electron chi connectivity index (χ0n) is 15.6. The zero-order chi connectivity index (χ0) is 19.8. The fraction of sp³-hybridized carbons (Fsp3) is 0.0909. The largest absolute Gasteiger partial charge is 0.494 e. The van der Waals surface area contributed by atoms with Crippen molar-refractivity contribution in [2.24, 2.45) is 15.2 Å². The molecule has 0 aliphatic rings. The first-order chi connectivity index (χ1) is 13.7. The Morgan fingerprint density at radius 3 is 2.18 bits per heavy atom. The highest BCUT2D eigenvalue weighted by Crippen LogP contribution is 2.29. The van der Waals surface area contributed by atoms with Crippen LogP contribution in [-0.4, -0.2) is 26.4 Å². The number of benzene rings is 3. The molecule has 0 N–H and O–H groups in total. The van der Waals surface area contributed by atoms with Gasteiger partial charge in [0.1, 0.15) is 11.4 Å². The van der Waals surface area contributed by atoms with Crippen molar-refractivity contribution in [2.45, 2.75) is 0 Å². The van der Waals surface area contributed by atoms with Gasteiger partial charge in [-0.05, 0) is 42.5 Å². The number of esters is 1. The van der Waals surface area contributed by atoms with Crippen LogP contribution in [0.25, 0.3) is 0 Å². The molecule has 0 fully saturated rings. The number of rotatable bonds is 6. The van der Waals surface area contributed by atoms with E-state index in [1.54, 1.807) is 37.6 Å². The molecule has 140 valence electrons. The predicted molar refractivity (Wildman–Crippen MR) is 109 cm³/mol. The fourth-order valence-electron chi connectivity index (χ4n) is 2.45. The van der Waals surface area contributed by atoms with Crippen molar-refractivity contribution in [3.05, 3.63) is 83.9 Å². The summed E-state index contributed by atoms with van der Waals surface area (Å²) in [4.78, 5) is 15.9. The Hall–Kier alpha value is -3.80. The molecule has 28 heavy (non-hydrogen) atoms. The van der Waals surface area contributed by atoms with E-state index in [0.29, 0.717) is 28.4 Å². The second-order valence-corrected chi connectivity index (χ2v) is 5.73. The molecule has 0 bridgehead atoms. The monoisotopic (exact) mass is 373 g/mol. The number of hydrogen-bond acceptors (Lipinski definition) is 6. The van der Waals surface area contributed by atoms with Crippen molar-refractivity contribution in [2.75, 3.05) is 14.2 Å². The third-order valence-electron chi connectivity index (χ3n) is 3.93. The van der Waals surface area contributed by atoms with Gasteiger partial charge in [0.2, 0.25) is 0 Å². The number of nitrogens with zero attached hydrogens (tertiary/aromatic N) is 3. The van der Waals surface area contributed by atoms with Crippen LogP contribution < -0.4 is 4.74 Å². The minimum Gasteiger partial charge on any atom is -0.494 e. The molecule has 0 aromatic heterocycles. The average Bonchev–Trinajstić information content (AvgIpc) is 2.76. The Morgan fingerprint density at radius 2 is 1.46 bits per heavy atom. The molecular weight excluding hydrogens is 354 g/mol. The molecule has 0 radical (unpaired) electrons. The van der Waals surface area contributed by atoms with E-state index < -0.39 is 0 Å². The van der Waals surface area contributed by atoms with Crippen LogP contribution in [0.1, 0.15) is 15.9 Å². The van der Waals surface area contributed by atoms with Gasteiger partial charge >= 0.3 is 5.97 Å². The zero-order valence-corrected chi connectivity index (χ0v) is 15.6. The van der Waals surface area contributed by atoms with Crippen molar-refractivity contribution in [3.63, 3.8) is 0 Å². The maximum Gasteiger partial charge on any atom is 0.337 e. The van der Waals surface area contributed by atoms with Crippen LogP contribution in [-0.2, 0) is 4.74 Å². The summed E-state index contributed by atoms with van der Waals surface area (Å²) in [5.41, 5.74) is 3.34. The molecular formula is C22H19N3O3. The molecule has 0 aliphatic heterocycles. The van der Waals surface area contributed by atoms with Gasteiger partial charge in [-0.3, -0.25) is 4.99 Å². The first kappa shape index (κ1) is 19.0. The molecule has 0 saturated heterocycles. The maximum absolute atomic E-state index is 11.5. The van der Waals surface area contributed by atoms with Crippen LogP contribution in [0, 0.1) is 0 Å². The molecule has 0 spiro atoms. The third kappa shape index (κ3) is 4.67. The Labute approximate surface area is 163 Å². The average molecular weight is 373 g/mol. The molecule has 0 atom stereocenters. The van der Waals surface area contributed by atoms with E-state index >= 15 is 0 Å². The van der Waals surface area contributed by atoms with Crippen molar-refractivity contribution in [3.8, 4) is 5.75 Å². The molecule has 0 heterocycles. The summed E-state index contributed by atoms with van der Waals surface area (Å²) < 4.78 is 9.98. The molecule has 3 aromatic rings. The first-order valence-electron chi connectivity index (χ1n) is 8.57. The lowest BCUT2D eigenvalue weighted by molar-refractivity contribution is 0.0601. The van der Waals surface area contributed by atoms with Gasteiger partial charge in [-0.2, -0.15) is 0 Å². The molecule has 3 aromatic carbocycles. The second kappa shape index (κ2) is 9.23. The van der Waals surface area contributed by atoms with E-state index in [0.717, 1.165) is 5.56 Å². The highest BCUT2D eigenvalue weighted by atomic mass is 16.5. The lowest BCUT2D eigenvalue weighted by Gasteiger charge is -2.03. The minimum atomic E-state index is -0.377. The number of ether oxygens (including phenoxy) is 2. The van der Waals surface area contributed by atoms with Gasteiger partial charge < -0.3 is 9.47 Å². The fourth-order valence-corrected chi connectivity index (χ4v) is 2.45. The number of aliphatic imine (C=N–C) groups is 1. The summed E-state index contributed by atoms with van der Waals surface area (Å²) in [7, 11) is 2.95. The van der Waals surface area contributed by atoms with Crippen molar-refractivity contribution < 1.29 is 14.3 Å². The highest BCUT2D eigenvalue weighted by molar-refractivity contribution is 5.90. The van der Waals surface area contributed by atoms with E-state index in [4.69, 9.17) is 9.47 Å². The van der Waals surface area contributed by atoms with E-state index in [-0.39, 0.29) is 5.97 Å². The maximum atomic E-state index is 11.5. The van der Waals surface area contributed by atoms with Crippen LogP contribution in [0.3, 0.4) is 0 Å². The number of carbonyl (C=O) groups is 1. The lowest BCUT2D eigenvalue weighted by atomic mass is 10.2. The number of azo groups is 1. The first-order valence-corrected chi connectivity index (χ1v) is 8.57. The van der Waals surface area contributed by atoms with Crippen LogP contribution in [0.2, 0.25) is 0 Å². The third-order valence-corrected chi connectivity index (χ3v) is 3.93. The van der Waals surface area contributed by atoms with Crippen LogP contribution >= 0.6 is 0 Å². The molecule has 0 saturated carbocycles. The Morgan fingerprint density at radius 1 is 0.821 bits per heavy atom. The Bertz CT molecular complexity index is 1010. The van der Waals surface area contributed by atoms with Crippen molar-refractivity contribution in [1.29, 1.82) is 0 Å². The van der Waals surface area contributed by atoms with E-state index in [1.165, 1.54) is 7.11 Å². The van der Waals surface area contributed by atoms with Gasteiger partial charge in [-0.25, -0.2) is 4.79 Å². The predicted octanol–water partition coefficient (Wildman–Crippen LogP) is 5.65. The van der Waals surface area contributed by atoms with Crippen LogP contribution in [0.4, 0.5) is 17.1 Å². The summed E-state index contributed by atoms with van der Waals surface area (Å²) in [5.74, 6) is 0.278. The van der Waals surface area contributed by atoms with Gasteiger partial charge in [-0.1, -0.05) is 30.3 Å². The number of hydrogen-bond donors (Lipinski definition) is 0. The van der Waals surface area contributed by atoms with E-state index in [9.17, 15) is 4.79 Å². The second-order valence-electron chi connectivity index (χ2n) is 5.73. The lowest BCUT2D eigenvalue weighted by Crippen LogP contribution is -1.99. The summed E-state index contributed by atoms with van der Waals surface area (Å²) in [6, 6.07) is 21.8. The van der Waals surface area contributed by atoms with E-state index in [1.807, 2.05) is 48.5 Å². The van der Waals surface area contributed by atoms with Gasteiger partial charge in [-0.15, -0.1) is 10.2 Å². The number of methoxy groups -OCH3 is 2. The summed E-state index contributed by atoms with van der Waals surface area (Å²) >= 11 is 0. The van der Waals surface area contributed by atoms with Gasteiger partial charge in [0.15, 0.2) is 0 Å². The van der Waals surface area contributed by atoms with Gasteiger partial charge in [0.25, 0.3) is 0 Å². The Kier molecular flexibility index (Phi) is 6.25. The quantitative estimate of drug-likeness (QED) is 0.318. The van der Waals surface area contributed by atoms with Crippen LogP contribution in [0.15, 0.2) is 88.0 Å². The number of carbonyl (C=O) groups excluding carboxylic acids is 1. The smallest absolute Gasteiger partial charge is 0.337 e. The molecule has 6 nitrogen and oxygen atoms in total.